The summed E-state index contributed by atoms with van der Waals surface area (Å²) in [5, 5.41) is 8.76. The third kappa shape index (κ3) is 2.10. The third-order valence-electron chi connectivity index (χ3n) is 3.06. The van der Waals surface area contributed by atoms with Crippen molar-refractivity contribution in [2.24, 2.45) is 0 Å². The molecule has 0 saturated carbocycles. The number of hydrogen-bond acceptors (Lipinski definition) is 3. The molecular formula is C16H13NO2. The quantitative estimate of drug-likeness (QED) is 0.756. The second kappa shape index (κ2) is 4.61. The largest absolute Gasteiger partial charge is 0.497 e. The molecule has 2 aromatic carbocycles. The van der Waals surface area contributed by atoms with E-state index < -0.39 is 0 Å². The molecule has 0 aliphatic heterocycles. The van der Waals surface area contributed by atoms with Crippen LogP contribution >= 0.6 is 0 Å². The van der Waals surface area contributed by atoms with Crippen molar-refractivity contribution in [2.45, 2.75) is 0 Å². The van der Waals surface area contributed by atoms with Gasteiger partial charge in [-0.2, -0.15) is 0 Å². The summed E-state index contributed by atoms with van der Waals surface area (Å²) in [6, 6.07) is 17.4. The topological polar surface area (TPSA) is 46.2 Å². The molecular weight excluding hydrogens is 238 g/mol. The maximum atomic E-state index is 7.79. The summed E-state index contributed by atoms with van der Waals surface area (Å²) in [5.41, 5.74) is 2.86. The van der Waals surface area contributed by atoms with Crippen LogP contribution in [-0.2, 0) is 0 Å². The second-order valence-corrected chi connectivity index (χ2v) is 4.25. The fraction of sp³-hybridized carbons (Fsp3) is 0.0625. The Labute approximate surface area is 110 Å². The van der Waals surface area contributed by atoms with Gasteiger partial charge in [-0.1, -0.05) is 30.3 Å². The van der Waals surface area contributed by atoms with Gasteiger partial charge in [-0.25, -0.2) is 0 Å². The second-order valence-electron chi connectivity index (χ2n) is 4.25. The van der Waals surface area contributed by atoms with Gasteiger partial charge >= 0.3 is 0 Å². The van der Waals surface area contributed by atoms with Crippen molar-refractivity contribution in [1.29, 1.82) is 5.41 Å². The van der Waals surface area contributed by atoms with E-state index in [1.165, 1.54) is 0 Å². The Kier molecular flexibility index (Phi) is 2.80. The smallest absolute Gasteiger partial charge is 0.212 e. The van der Waals surface area contributed by atoms with Crippen molar-refractivity contribution in [3.8, 4) is 16.9 Å². The van der Waals surface area contributed by atoms with Crippen molar-refractivity contribution in [3.63, 3.8) is 0 Å². The molecule has 1 heterocycles. The Hall–Kier alpha value is -2.55. The van der Waals surface area contributed by atoms with Gasteiger partial charge in [-0.05, 0) is 23.3 Å². The van der Waals surface area contributed by atoms with Crippen LogP contribution in [0.2, 0.25) is 0 Å². The van der Waals surface area contributed by atoms with E-state index in [9.17, 15) is 0 Å². The summed E-state index contributed by atoms with van der Waals surface area (Å²) in [4.78, 5) is 0. The lowest BCUT2D eigenvalue weighted by molar-refractivity contribution is 0.414. The van der Waals surface area contributed by atoms with Gasteiger partial charge in [0.05, 0.1) is 7.11 Å². The molecule has 0 aliphatic carbocycles. The first kappa shape index (κ1) is 11.5. The molecule has 0 atom stereocenters. The van der Waals surface area contributed by atoms with Crippen molar-refractivity contribution < 1.29 is 9.15 Å². The molecule has 3 nitrogen and oxygen atoms in total. The maximum Gasteiger partial charge on any atom is 0.212 e. The van der Waals surface area contributed by atoms with Gasteiger partial charge in [-0.15, -0.1) is 0 Å². The molecule has 0 radical (unpaired) electrons. The van der Waals surface area contributed by atoms with Gasteiger partial charge in [-0.3, -0.25) is 5.41 Å². The van der Waals surface area contributed by atoms with E-state index in [4.69, 9.17) is 14.6 Å². The summed E-state index contributed by atoms with van der Waals surface area (Å²) in [5.74, 6) is 0.723. The summed E-state index contributed by atoms with van der Waals surface area (Å²) in [6.45, 7) is 0. The van der Waals surface area contributed by atoms with E-state index >= 15 is 0 Å². The van der Waals surface area contributed by atoms with Crippen LogP contribution in [0.1, 0.15) is 0 Å². The van der Waals surface area contributed by atoms with Gasteiger partial charge in [0.2, 0.25) is 5.55 Å². The Morgan fingerprint density at radius 3 is 2.53 bits per heavy atom. The number of methoxy groups -OCH3 is 1. The van der Waals surface area contributed by atoms with E-state index in [2.05, 4.69) is 0 Å². The molecule has 0 aliphatic rings. The lowest BCUT2D eigenvalue weighted by Gasteiger charge is -2.07. The first-order chi connectivity index (χ1) is 9.28. The summed E-state index contributed by atoms with van der Waals surface area (Å²) >= 11 is 0. The van der Waals surface area contributed by atoms with Crippen LogP contribution in [0, 0.1) is 5.41 Å². The van der Waals surface area contributed by atoms with E-state index in [0.29, 0.717) is 5.58 Å². The number of fused-ring (bicyclic) bond motifs is 1. The molecule has 0 saturated heterocycles. The molecule has 3 aromatic rings. The van der Waals surface area contributed by atoms with Gasteiger partial charge in [0.25, 0.3) is 0 Å². The van der Waals surface area contributed by atoms with E-state index in [1.807, 2.05) is 42.5 Å². The molecule has 0 unspecified atom stereocenters. The predicted octanol–water partition coefficient (Wildman–Crippen LogP) is 3.59. The molecule has 0 bridgehead atoms. The number of nitrogens with one attached hydrogen (secondary N) is 1. The molecule has 94 valence electrons. The van der Waals surface area contributed by atoms with Crippen LogP contribution in [0.15, 0.2) is 59.0 Å². The number of rotatable bonds is 2. The van der Waals surface area contributed by atoms with Gasteiger partial charge in [0.1, 0.15) is 11.3 Å². The average molecular weight is 251 g/mol. The van der Waals surface area contributed by atoms with Crippen LogP contribution in [-0.4, -0.2) is 7.11 Å². The Morgan fingerprint density at radius 1 is 1.00 bits per heavy atom. The van der Waals surface area contributed by atoms with Crippen molar-refractivity contribution in [1.82, 2.24) is 0 Å². The first-order valence-electron chi connectivity index (χ1n) is 6.00. The maximum absolute atomic E-state index is 7.79. The monoisotopic (exact) mass is 251 g/mol. The fourth-order valence-electron chi connectivity index (χ4n) is 2.15. The lowest BCUT2D eigenvalue weighted by atomic mass is 10.0. The van der Waals surface area contributed by atoms with E-state index in [0.717, 1.165) is 22.3 Å². The fourth-order valence-corrected chi connectivity index (χ4v) is 2.15. The standard InChI is InChI=1S/C16H13NO2/c1-18-12-7-8-13-14(11-5-3-2-4-6-11)10-16(17)19-15(13)9-12/h2-10,17H,1H3. The highest BCUT2D eigenvalue weighted by Gasteiger charge is 2.07. The number of benzene rings is 2. The average Bonchev–Trinajstić information content (AvgIpc) is 2.46. The van der Waals surface area contributed by atoms with Crippen LogP contribution < -0.4 is 10.3 Å². The van der Waals surface area contributed by atoms with Crippen molar-refractivity contribution in [3.05, 3.63) is 60.2 Å². The van der Waals surface area contributed by atoms with Crippen LogP contribution in [0.3, 0.4) is 0 Å². The molecule has 3 heteroatoms. The molecule has 0 fully saturated rings. The Balaban J connectivity index is 2.33. The first-order valence-corrected chi connectivity index (χ1v) is 6.00. The Morgan fingerprint density at radius 2 is 1.79 bits per heavy atom. The number of ether oxygens (including phenoxy) is 1. The minimum Gasteiger partial charge on any atom is -0.497 e. The minimum absolute atomic E-state index is 0.139. The van der Waals surface area contributed by atoms with Crippen molar-refractivity contribution in [2.75, 3.05) is 7.11 Å². The van der Waals surface area contributed by atoms with Gasteiger partial charge < -0.3 is 9.15 Å². The highest BCUT2D eigenvalue weighted by Crippen LogP contribution is 2.29. The van der Waals surface area contributed by atoms with Crippen LogP contribution in [0.5, 0.6) is 5.75 Å². The summed E-state index contributed by atoms with van der Waals surface area (Å²) in [7, 11) is 1.61. The third-order valence-corrected chi connectivity index (χ3v) is 3.06. The zero-order valence-electron chi connectivity index (χ0n) is 10.5. The zero-order chi connectivity index (χ0) is 13.2. The highest BCUT2D eigenvalue weighted by molar-refractivity contribution is 5.93. The molecule has 0 spiro atoms. The molecule has 1 N–H and O–H groups in total. The highest BCUT2D eigenvalue weighted by atomic mass is 16.5. The molecule has 0 amide bonds. The number of hydrogen-bond donors (Lipinski definition) is 1. The molecule has 19 heavy (non-hydrogen) atoms. The lowest BCUT2D eigenvalue weighted by Crippen LogP contribution is -1.98. The van der Waals surface area contributed by atoms with Gasteiger partial charge in [0, 0.05) is 17.5 Å². The zero-order valence-corrected chi connectivity index (χ0v) is 10.5. The predicted molar refractivity (Wildman–Crippen MR) is 74.1 cm³/mol. The van der Waals surface area contributed by atoms with E-state index in [-0.39, 0.29) is 5.55 Å². The van der Waals surface area contributed by atoms with Crippen molar-refractivity contribution >= 4 is 11.0 Å². The van der Waals surface area contributed by atoms with E-state index in [1.54, 1.807) is 19.2 Å². The Bertz CT molecular complexity index is 776. The van der Waals surface area contributed by atoms with Crippen LogP contribution in [0.25, 0.3) is 22.1 Å². The molecule has 3 rings (SSSR count). The minimum atomic E-state index is 0.139. The summed E-state index contributed by atoms with van der Waals surface area (Å²) in [6.07, 6.45) is 0. The summed E-state index contributed by atoms with van der Waals surface area (Å²) < 4.78 is 10.6. The normalized spacial score (nSPS) is 10.6. The SMILES string of the molecule is COc1ccc2c(-c3ccccc3)cc(=N)oc2c1. The van der Waals surface area contributed by atoms with Gasteiger partial charge in [0.15, 0.2) is 0 Å². The van der Waals surface area contributed by atoms with Crippen LogP contribution in [0.4, 0.5) is 0 Å². The molecule has 1 aromatic heterocycles.